The summed E-state index contributed by atoms with van der Waals surface area (Å²) in [5, 5.41) is 8.16. The number of nitrogens with zero attached hydrogens (tertiary/aromatic N) is 2. The van der Waals surface area contributed by atoms with E-state index in [0.29, 0.717) is 6.04 Å². The molecular weight excluding hydrogens is 186 g/mol. The summed E-state index contributed by atoms with van der Waals surface area (Å²) in [6.07, 6.45) is 4.73. The lowest BCUT2D eigenvalue weighted by Crippen LogP contribution is -2.28. The zero-order valence-corrected chi connectivity index (χ0v) is 9.79. The van der Waals surface area contributed by atoms with Crippen LogP contribution in [0.1, 0.15) is 38.1 Å². The Morgan fingerprint density at radius 2 is 2.33 bits per heavy atom. The Labute approximate surface area is 91.9 Å². The molecule has 0 aromatic carbocycles. The molecule has 1 aromatic rings. The molecular formula is C12H21N3. The van der Waals surface area contributed by atoms with Crippen molar-refractivity contribution < 1.29 is 0 Å². The highest BCUT2D eigenvalue weighted by Crippen LogP contribution is 2.11. The molecule has 1 N–H and O–H groups in total. The van der Waals surface area contributed by atoms with Crippen molar-refractivity contribution in [2.24, 2.45) is 0 Å². The van der Waals surface area contributed by atoms with Crippen LogP contribution in [0.2, 0.25) is 0 Å². The van der Waals surface area contributed by atoms with E-state index >= 15 is 0 Å². The SMILES string of the molecule is CCc1cc(CC)n(CC2CCCN2)n1. The van der Waals surface area contributed by atoms with E-state index in [9.17, 15) is 0 Å². The van der Waals surface area contributed by atoms with Gasteiger partial charge in [-0.05, 0) is 38.3 Å². The minimum atomic E-state index is 0.639. The Morgan fingerprint density at radius 1 is 1.47 bits per heavy atom. The van der Waals surface area contributed by atoms with Crippen LogP contribution >= 0.6 is 0 Å². The molecule has 0 aliphatic carbocycles. The van der Waals surface area contributed by atoms with E-state index in [1.165, 1.54) is 30.8 Å². The van der Waals surface area contributed by atoms with Gasteiger partial charge in [-0.3, -0.25) is 4.68 Å². The second-order valence-corrected chi connectivity index (χ2v) is 4.31. The molecule has 2 heterocycles. The van der Waals surface area contributed by atoms with Crippen LogP contribution in [0.25, 0.3) is 0 Å². The van der Waals surface area contributed by atoms with Gasteiger partial charge in [0.25, 0.3) is 0 Å². The molecule has 0 saturated carbocycles. The average Bonchev–Trinajstić information content (AvgIpc) is 2.87. The summed E-state index contributed by atoms with van der Waals surface area (Å²) in [5.74, 6) is 0. The van der Waals surface area contributed by atoms with E-state index in [0.717, 1.165) is 19.4 Å². The fourth-order valence-corrected chi connectivity index (χ4v) is 2.25. The third-order valence-electron chi connectivity index (χ3n) is 3.19. The zero-order valence-electron chi connectivity index (χ0n) is 9.79. The maximum atomic E-state index is 4.64. The first kappa shape index (κ1) is 10.7. The van der Waals surface area contributed by atoms with Crippen molar-refractivity contribution in [1.29, 1.82) is 0 Å². The topological polar surface area (TPSA) is 29.9 Å². The number of rotatable bonds is 4. The van der Waals surface area contributed by atoms with Gasteiger partial charge in [-0.1, -0.05) is 13.8 Å². The van der Waals surface area contributed by atoms with E-state index in [2.05, 4.69) is 35.0 Å². The van der Waals surface area contributed by atoms with Gasteiger partial charge >= 0.3 is 0 Å². The first-order chi connectivity index (χ1) is 7.33. The summed E-state index contributed by atoms with van der Waals surface area (Å²) in [6.45, 7) is 6.59. The van der Waals surface area contributed by atoms with Gasteiger partial charge in [0.15, 0.2) is 0 Å². The van der Waals surface area contributed by atoms with Gasteiger partial charge < -0.3 is 5.32 Å². The van der Waals surface area contributed by atoms with Crippen LogP contribution in [-0.4, -0.2) is 22.4 Å². The largest absolute Gasteiger partial charge is 0.312 e. The van der Waals surface area contributed by atoms with Crippen molar-refractivity contribution in [3.63, 3.8) is 0 Å². The van der Waals surface area contributed by atoms with Crippen LogP contribution in [0, 0.1) is 0 Å². The molecule has 1 aliphatic heterocycles. The van der Waals surface area contributed by atoms with Crippen LogP contribution < -0.4 is 5.32 Å². The van der Waals surface area contributed by atoms with E-state index in [-0.39, 0.29) is 0 Å². The number of hydrogen-bond donors (Lipinski definition) is 1. The zero-order chi connectivity index (χ0) is 10.7. The van der Waals surface area contributed by atoms with Crippen LogP contribution in [0.5, 0.6) is 0 Å². The summed E-state index contributed by atoms with van der Waals surface area (Å²) in [5.41, 5.74) is 2.60. The minimum absolute atomic E-state index is 0.639. The quantitative estimate of drug-likeness (QED) is 0.815. The molecule has 15 heavy (non-hydrogen) atoms. The Morgan fingerprint density at radius 3 is 2.93 bits per heavy atom. The number of aryl methyl sites for hydroxylation is 2. The summed E-state index contributed by atoms with van der Waals surface area (Å²) in [7, 11) is 0. The standard InChI is InChI=1S/C12H21N3/c1-3-10-8-12(4-2)15(14-10)9-11-6-5-7-13-11/h8,11,13H,3-7,9H2,1-2H3. The predicted octanol–water partition coefficient (Wildman–Crippen LogP) is 1.76. The third kappa shape index (κ3) is 2.40. The monoisotopic (exact) mass is 207 g/mol. The van der Waals surface area contributed by atoms with E-state index in [1.807, 2.05) is 0 Å². The molecule has 2 rings (SSSR count). The van der Waals surface area contributed by atoms with Crippen molar-refractivity contribution >= 4 is 0 Å². The third-order valence-corrected chi connectivity index (χ3v) is 3.19. The highest BCUT2D eigenvalue weighted by Gasteiger charge is 2.16. The van der Waals surface area contributed by atoms with Crippen LogP contribution in [0.4, 0.5) is 0 Å². The second kappa shape index (κ2) is 4.79. The van der Waals surface area contributed by atoms with E-state index in [4.69, 9.17) is 0 Å². The molecule has 0 radical (unpaired) electrons. The summed E-state index contributed by atoms with van der Waals surface area (Å²) >= 11 is 0. The maximum absolute atomic E-state index is 4.64. The Balaban J connectivity index is 2.07. The first-order valence-corrected chi connectivity index (χ1v) is 6.12. The van der Waals surface area contributed by atoms with Crippen LogP contribution in [0.3, 0.4) is 0 Å². The van der Waals surface area contributed by atoms with Crippen molar-refractivity contribution in [3.8, 4) is 0 Å². The molecule has 0 amide bonds. The Kier molecular flexibility index (Phi) is 3.41. The molecule has 1 fully saturated rings. The van der Waals surface area contributed by atoms with Crippen LogP contribution in [-0.2, 0) is 19.4 Å². The Bertz CT molecular complexity index is 311. The predicted molar refractivity (Wildman–Crippen MR) is 62.0 cm³/mol. The minimum Gasteiger partial charge on any atom is -0.312 e. The molecule has 3 nitrogen and oxygen atoms in total. The van der Waals surface area contributed by atoms with Gasteiger partial charge in [-0.15, -0.1) is 0 Å². The number of hydrogen-bond acceptors (Lipinski definition) is 2. The van der Waals surface area contributed by atoms with E-state index < -0.39 is 0 Å². The average molecular weight is 207 g/mol. The van der Waals surface area contributed by atoms with Gasteiger partial charge in [0.1, 0.15) is 0 Å². The molecule has 0 bridgehead atoms. The molecule has 1 atom stereocenters. The summed E-state index contributed by atoms with van der Waals surface area (Å²) in [6, 6.07) is 2.88. The number of aromatic nitrogens is 2. The fourth-order valence-electron chi connectivity index (χ4n) is 2.25. The lowest BCUT2D eigenvalue weighted by atomic mass is 10.2. The van der Waals surface area contributed by atoms with Crippen molar-refractivity contribution in [3.05, 3.63) is 17.5 Å². The molecule has 0 spiro atoms. The molecule has 1 saturated heterocycles. The molecule has 84 valence electrons. The summed E-state index contributed by atoms with van der Waals surface area (Å²) in [4.78, 5) is 0. The highest BCUT2D eigenvalue weighted by molar-refractivity contribution is 5.10. The fraction of sp³-hybridized carbons (Fsp3) is 0.750. The first-order valence-electron chi connectivity index (χ1n) is 6.12. The Hall–Kier alpha value is -0.830. The normalized spacial score (nSPS) is 21.1. The van der Waals surface area contributed by atoms with Crippen molar-refractivity contribution in [2.75, 3.05) is 6.54 Å². The van der Waals surface area contributed by atoms with Gasteiger partial charge in [0.2, 0.25) is 0 Å². The molecule has 1 unspecified atom stereocenters. The molecule has 1 aliphatic rings. The lowest BCUT2D eigenvalue weighted by molar-refractivity contribution is 0.462. The second-order valence-electron chi connectivity index (χ2n) is 4.31. The smallest absolute Gasteiger partial charge is 0.0624 e. The van der Waals surface area contributed by atoms with Gasteiger partial charge in [0, 0.05) is 11.7 Å². The van der Waals surface area contributed by atoms with Crippen molar-refractivity contribution in [1.82, 2.24) is 15.1 Å². The van der Waals surface area contributed by atoms with Gasteiger partial charge in [0.05, 0.1) is 12.2 Å². The van der Waals surface area contributed by atoms with Gasteiger partial charge in [-0.2, -0.15) is 5.10 Å². The van der Waals surface area contributed by atoms with E-state index in [1.54, 1.807) is 0 Å². The molecule has 1 aromatic heterocycles. The number of nitrogens with one attached hydrogen (secondary N) is 1. The summed E-state index contributed by atoms with van der Waals surface area (Å²) < 4.78 is 2.20. The van der Waals surface area contributed by atoms with Crippen molar-refractivity contribution in [2.45, 2.75) is 52.1 Å². The molecule has 3 heteroatoms. The lowest BCUT2D eigenvalue weighted by Gasteiger charge is -2.12. The van der Waals surface area contributed by atoms with Crippen LogP contribution in [0.15, 0.2) is 6.07 Å². The van der Waals surface area contributed by atoms with Gasteiger partial charge in [-0.25, -0.2) is 0 Å². The maximum Gasteiger partial charge on any atom is 0.0624 e. The highest BCUT2D eigenvalue weighted by atomic mass is 15.3.